The van der Waals surface area contributed by atoms with Gasteiger partial charge >= 0.3 is 0 Å². The van der Waals surface area contributed by atoms with Gasteiger partial charge in [-0.2, -0.15) is 4.31 Å². The first kappa shape index (κ1) is 23.4. The van der Waals surface area contributed by atoms with Crippen LogP contribution >= 0.6 is 0 Å². The summed E-state index contributed by atoms with van der Waals surface area (Å²) in [4.78, 5) is 13.0. The number of amides is 1. The second kappa shape index (κ2) is 9.22. The summed E-state index contributed by atoms with van der Waals surface area (Å²) < 4.78 is 50.5. The molecule has 1 heterocycles. The van der Waals surface area contributed by atoms with Crippen LogP contribution in [0.2, 0.25) is 0 Å². The number of rotatable bonds is 6. The lowest BCUT2D eigenvalue weighted by Gasteiger charge is -2.31. The Morgan fingerprint density at radius 1 is 0.939 bits per heavy atom. The molecular weight excluding hydrogens is 462 g/mol. The molecule has 33 heavy (non-hydrogen) atoms. The largest absolute Gasteiger partial charge is 0.352 e. The van der Waals surface area contributed by atoms with Gasteiger partial charge < -0.3 is 5.32 Å². The van der Waals surface area contributed by atoms with E-state index in [1.54, 1.807) is 30.3 Å². The van der Waals surface area contributed by atoms with Gasteiger partial charge in [-0.15, -0.1) is 0 Å². The van der Waals surface area contributed by atoms with E-state index in [0.29, 0.717) is 24.9 Å². The average molecular weight is 488 g/mol. The molecule has 4 rings (SSSR count). The number of carbonyl (C=O) groups is 1. The second-order valence-electron chi connectivity index (χ2n) is 8.12. The van der Waals surface area contributed by atoms with E-state index in [2.05, 4.69) is 5.32 Å². The zero-order valence-electron chi connectivity index (χ0n) is 17.8. The van der Waals surface area contributed by atoms with Gasteiger partial charge in [0.25, 0.3) is 0 Å². The molecule has 1 amide bonds. The lowest BCUT2D eigenvalue weighted by molar-refractivity contribution is -0.126. The zero-order valence-corrected chi connectivity index (χ0v) is 19.5. The van der Waals surface area contributed by atoms with Crippen molar-refractivity contribution in [3.8, 4) is 0 Å². The maximum absolute atomic E-state index is 13.2. The van der Waals surface area contributed by atoms with Crippen LogP contribution in [0.5, 0.6) is 0 Å². The first-order valence-corrected chi connectivity index (χ1v) is 13.5. The molecule has 0 bridgehead atoms. The van der Waals surface area contributed by atoms with Gasteiger partial charge in [-0.3, -0.25) is 4.79 Å². The Labute approximate surface area is 193 Å². The fraction of sp³-hybridized carbons (Fsp3) is 0.261. The van der Waals surface area contributed by atoms with Gasteiger partial charge in [0.2, 0.25) is 26.0 Å². The van der Waals surface area contributed by atoms with Gasteiger partial charge in [0.15, 0.2) is 0 Å². The highest BCUT2D eigenvalue weighted by atomic mass is 32.2. The fourth-order valence-corrected chi connectivity index (χ4v) is 6.06. The molecule has 3 N–H and O–H groups in total. The molecule has 0 aromatic heterocycles. The van der Waals surface area contributed by atoms with Crippen LogP contribution in [0.15, 0.2) is 76.5 Å². The van der Waals surface area contributed by atoms with Crippen molar-refractivity contribution in [1.29, 1.82) is 0 Å². The Hall–Kier alpha value is -2.79. The maximum Gasteiger partial charge on any atom is 0.243 e. The van der Waals surface area contributed by atoms with Crippen molar-refractivity contribution in [3.05, 3.63) is 72.3 Å². The summed E-state index contributed by atoms with van der Waals surface area (Å²) in [6.07, 6.45) is 1.19. The molecule has 1 fully saturated rings. The summed E-state index contributed by atoms with van der Waals surface area (Å²) >= 11 is 0. The molecule has 0 spiro atoms. The SMILES string of the molecule is NS(=O)(=O)c1ccc(CNC(=O)C2CCCN(S(=O)(=O)c3ccc4ccccc4c3)C2)cc1. The first-order chi connectivity index (χ1) is 15.6. The zero-order chi connectivity index (χ0) is 23.6. The molecule has 1 aliphatic heterocycles. The molecule has 1 saturated heterocycles. The minimum Gasteiger partial charge on any atom is -0.352 e. The third-order valence-electron chi connectivity index (χ3n) is 5.83. The summed E-state index contributed by atoms with van der Waals surface area (Å²) in [5, 5.41) is 9.72. The highest BCUT2D eigenvalue weighted by molar-refractivity contribution is 7.89. The summed E-state index contributed by atoms with van der Waals surface area (Å²) in [5.74, 6) is -0.693. The van der Waals surface area contributed by atoms with Crippen molar-refractivity contribution < 1.29 is 21.6 Å². The normalized spacial score (nSPS) is 17.7. The number of nitrogens with zero attached hydrogens (tertiary/aromatic N) is 1. The molecule has 1 unspecified atom stereocenters. The van der Waals surface area contributed by atoms with Gasteiger partial charge in [-0.25, -0.2) is 22.0 Å². The van der Waals surface area contributed by atoms with E-state index in [1.165, 1.54) is 16.4 Å². The molecular formula is C23H25N3O5S2. The van der Waals surface area contributed by atoms with E-state index in [1.807, 2.05) is 24.3 Å². The molecule has 3 aromatic carbocycles. The fourth-order valence-electron chi connectivity index (χ4n) is 3.98. The van der Waals surface area contributed by atoms with Crippen molar-refractivity contribution in [2.24, 2.45) is 11.1 Å². The summed E-state index contributed by atoms with van der Waals surface area (Å²) in [6.45, 7) is 0.691. The van der Waals surface area contributed by atoms with Crippen molar-refractivity contribution in [2.45, 2.75) is 29.2 Å². The summed E-state index contributed by atoms with van der Waals surface area (Å²) in [7, 11) is -7.49. The van der Waals surface area contributed by atoms with E-state index in [-0.39, 0.29) is 28.8 Å². The summed E-state index contributed by atoms with van der Waals surface area (Å²) in [5.41, 5.74) is 0.715. The lowest BCUT2D eigenvalue weighted by Crippen LogP contribution is -2.45. The summed E-state index contributed by atoms with van der Waals surface area (Å²) in [6, 6.07) is 18.6. The highest BCUT2D eigenvalue weighted by Gasteiger charge is 2.33. The number of hydrogen-bond donors (Lipinski definition) is 2. The molecule has 1 aliphatic rings. The van der Waals surface area contributed by atoms with E-state index >= 15 is 0 Å². The van der Waals surface area contributed by atoms with Crippen LogP contribution in [0.4, 0.5) is 0 Å². The standard InChI is InChI=1S/C23H25N3O5S2/c24-32(28,29)21-10-7-17(8-11-21)15-25-23(27)20-6-3-13-26(16-20)33(30,31)22-12-9-18-4-1-2-5-19(18)14-22/h1-2,4-5,7-12,14,20H,3,6,13,15-16H2,(H,25,27)(H2,24,28,29). The van der Waals surface area contributed by atoms with E-state index in [4.69, 9.17) is 5.14 Å². The third kappa shape index (κ3) is 5.25. The molecule has 0 saturated carbocycles. The number of primary sulfonamides is 1. The highest BCUT2D eigenvalue weighted by Crippen LogP contribution is 2.26. The molecule has 174 valence electrons. The Balaban J connectivity index is 1.42. The van der Waals surface area contributed by atoms with Gasteiger partial charge in [0, 0.05) is 19.6 Å². The number of benzene rings is 3. The number of nitrogens with one attached hydrogen (secondary N) is 1. The Kier molecular flexibility index (Phi) is 6.53. The van der Waals surface area contributed by atoms with Crippen molar-refractivity contribution in [2.75, 3.05) is 13.1 Å². The molecule has 1 atom stereocenters. The predicted octanol–water partition coefficient (Wildman–Crippen LogP) is 2.20. The molecule has 3 aromatic rings. The van der Waals surface area contributed by atoms with Crippen LogP contribution < -0.4 is 10.5 Å². The quantitative estimate of drug-likeness (QED) is 0.551. The van der Waals surface area contributed by atoms with Crippen LogP contribution in [0.3, 0.4) is 0 Å². The van der Waals surface area contributed by atoms with E-state index in [0.717, 1.165) is 10.8 Å². The minimum absolute atomic E-state index is 0.000559. The number of carbonyl (C=O) groups excluding carboxylic acids is 1. The van der Waals surface area contributed by atoms with Crippen molar-refractivity contribution in [3.63, 3.8) is 0 Å². The Morgan fingerprint density at radius 3 is 2.30 bits per heavy atom. The Bertz CT molecular complexity index is 1390. The van der Waals surface area contributed by atoms with Crippen LogP contribution in [-0.2, 0) is 31.4 Å². The number of nitrogens with two attached hydrogens (primary N) is 1. The van der Waals surface area contributed by atoms with Crippen LogP contribution in [0.1, 0.15) is 18.4 Å². The van der Waals surface area contributed by atoms with Gasteiger partial charge in [0.05, 0.1) is 15.7 Å². The van der Waals surface area contributed by atoms with Gasteiger partial charge in [0.1, 0.15) is 0 Å². The third-order valence-corrected chi connectivity index (χ3v) is 8.62. The number of piperidine rings is 1. The minimum atomic E-state index is -3.77. The Morgan fingerprint density at radius 2 is 1.61 bits per heavy atom. The molecule has 0 radical (unpaired) electrons. The number of hydrogen-bond acceptors (Lipinski definition) is 5. The van der Waals surface area contributed by atoms with Crippen molar-refractivity contribution >= 4 is 36.7 Å². The van der Waals surface area contributed by atoms with Crippen LogP contribution in [0, 0.1) is 5.92 Å². The number of fused-ring (bicyclic) bond motifs is 1. The monoisotopic (exact) mass is 487 g/mol. The molecule has 10 heteroatoms. The van der Waals surface area contributed by atoms with E-state index in [9.17, 15) is 21.6 Å². The lowest BCUT2D eigenvalue weighted by atomic mass is 9.99. The van der Waals surface area contributed by atoms with Crippen LogP contribution in [0.25, 0.3) is 10.8 Å². The topological polar surface area (TPSA) is 127 Å². The first-order valence-electron chi connectivity index (χ1n) is 10.5. The molecule has 0 aliphatic carbocycles. The smallest absolute Gasteiger partial charge is 0.243 e. The maximum atomic E-state index is 13.2. The number of sulfonamides is 2. The van der Waals surface area contributed by atoms with Gasteiger partial charge in [-0.05, 0) is 53.4 Å². The molecule has 8 nitrogen and oxygen atoms in total. The van der Waals surface area contributed by atoms with Crippen molar-refractivity contribution in [1.82, 2.24) is 9.62 Å². The van der Waals surface area contributed by atoms with Gasteiger partial charge in [-0.1, -0.05) is 42.5 Å². The van der Waals surface area contributed by atoms with E-state index < -0.39 is 26.0 Å². The predicted molar refractivity (Wildman–Crippen MR) is 125 cm³/mol. The second-order valence-corrected chi connectivity index (χ2v) is 11.6. The van der Waals surface area contributed by atoms with Crippen LogP contribution in [-0.4, -0.2) is 40.1 Å². The average Bonchev–Trinajstić information content (AvgIpc) is 2.82.